The van der Waals surface area contributed by atoms with Crippen molar-refractivity contribution in [3.63, 3.8) is 0 Å². The average molecular weight is 298 g/mol. The molecule has 0 aliphatic carbocycles. The fraction of sp³-hybridized carbons (Fsp3) is 0.667. The minimum absolute atomic E-state index is 0.0172. The minimum atomic E-state index is -1.16. The predicted octanol–water partition coefficient (Wildman–Crippen LogP) is -0.760. The molecule has 1 aliphatic heterocycles. The van der Waals surface area contributed by atoms with Crippen molar-refractivity contribution in [2.75, 3.05) is 33.4 Å². The maximum atomic E-state index is 11.9. The molecule has 1 aromatic rings. The lowest BCUT2D eigenvalue weighted by Crippen LogP contribution is -2.55. The van der Waals surface area contributed by atoms with E-state index in [1.54, 1.807) is 12.0 Å². The van der Waals surface area contributed by atoms with E-state index in [0.717, 1.165) is 6.42 Å². The smallest absolute Gasteiger partial charge is 0.358 e. The van der Waals surface area contributed by atoms with Crippen molar-refractivity contribution in [2.45, 2.75) is 19.1 Å². The summed E-state index contributed by atoms with van der Waals surface area (Å²) in [5.74, 6) is -1.30. The van der Waals surface area contributed by atoms with Crippen molar-refractivity contribution in [1.82, 2.24) is 19.9 Å². The number of aromatic nitrogens is 3. The van der Waals surface area contributed by atoms with Crippen LogP contribution in [0.3, 0.4) is 0 Å². The van der Waals surface area contributed by atoms with Crippen molar-refractivity contribution < 1.29 is 24.2 Å². The van der Waals surface area contributed by atoms with Gasteiger partial charge in [-0.25, -0.2) is 9.48 Å². The zero-order valence-electron chi connectivity index (χ0n) is 11.8. The molecule has 0 saturated carbocycles. The van der Waals surface area contributed by atoms with Gasteiger partial charge in [0, 0.05) is 33.4 Å². The number of amides is 1. The van der Waals surface area contributed by atoms with E-state index in [2.05, 4.69) is 10.3 Å². The number of likely N-dealkylation sites (tertiary alicyclic amines) is 1. The van der Waals surface area contributed by atoms with E-state index < -0.39 is 5.97 Å². The fourth-order valence-electron chi connectivity index (χ4n) is 1.91. The van der Waals surface area contributed by atoms with E-state index in [1.807, 2.05) is 0 Å². The highest BCUT2D eigenvalue weighted by Crippen LogP contribution is 2.12. The molecule has 2 rings (SSSR count). The van der Waals surface area contributed by atoms with Crippen molar-refractivity contribution in [1.29, 1.82) is 0 Å². The summed E-state index contributed by atoms with van der Waals surface area (Å²) in [6.45, 7) is 2.36. The molecule has 0 atom stereocenters. The van der Waals surface area contributed by atoms with E-state index in [9.17, 15) is 9.59 Å². The van der Waals surface area contributed by atoms with Gasteiger partial charge in [-0.15, -0.1) is 5.10 Å². The average Bonchev–Trinajstić information content (AvgIpc) is 2.84. The van der Waals surface area contributed by atoms with Gasteiger partial charge in [0.05, 0.1) is 12.3 Å². The largest absolute Gasteiger partial charge is 0.476 e. The molecule has 21 heavy (non-hydrogen) atoms. The van der Waals surface area contributed by atoms with Gasteiger partial charge in [-0.1, -0.05) is 5.21 Å². The number of carboxylic acids is 1. The number of nitrogens with zero attached hydrogens (tertiary/aromatic N) is 4. The van der Waals surface area contributed by atoms with Crippen LogP contribution in [0.15, 0.2) is 6.20 Å². The second kappa shape index (κ2) is 7.14. The molecule has 1 aromatic heterocycles. The predicted molar refractivity (Wildman–Crippen MR) is 69.8 cm³/mol. The summed E-state index contributed by atoms with van der Waals surface area (Å²) in [5, 5.41) is 15.8. The third kappa shape index (κ3) is 4.23. The molecule has 0 spiro atoms. The number of carbonyl (C=O) groups is 2. The quantitative estimate of drug-likeness (QED) is 0.629. The summed E-state index contributed by atoms with van der Waals surface area (Å²) in [5.41, 5.74) is -0.175. The lowest BCUT2D eigenvalue weighted by atomic mass is 10.1. The number of hydrogen-bond donors (Lipinski definition) is 1. The zero-order valence-corrected chi connectivity index (χ0v) is 11.8. The van der Waals surface area contributed by atoms with Crippen LogP contribution in [0.4, 0.5) is 0 Å². The van der Waals surface area contributed by atoms with E-state index in [-0.39, 0.29) is 24.2 Å². The van der Waals surface area contributed by atoms with E-state index in [4.69, 9.17) is 14.6 Å². The summed E-state index contributed by atoms with van der Waals surface area (Å²) < 4.78 is 11.7. The lowest BCUT2D eigenvalue weighted by Gasteiger charge is -2.38. The number of ether oxygens (including phenoxy) is 2. The van der Waals surface area contributed by atoms with Crippen LogP contribution in [0.5, 0.6) is 0 Å². The minimum Gasteiger partial charge on any atom is -0.476 e. The molecule has 1 aliphatic rings. The molecule has 0 bridgehead atoms. The van der Waals surface area contributed by atoms with Crippen molar-refractivity contribution in [3.05, 3.63) is 11.9 Å². The van der Waals surface area contributed by atoms with Gasteiger partial charge in [0.2, 0.25) is 5.91 Å². The summed E-state index contributed by atoms with van der Waals surface area (Å²) >= 11 is 0. The van der Waals surface area contributed by atoms with Crippen molar-refractivity contribution in [3.8, 4) is 0 Å². The molecule has 1 amide bonds. The van der Waals surface area contributed by atoms with Gasteiger partial charge in [-0.05, 0) is 6.42 Å². The number of carboxylic acid groups (broad SMARTS) is 1. The van der Waals surface area contributed by atoms with Crippen LogP contribution in [-0.4, -0.2) is 76.4 Å². The summed E-state index contributed by atoms with van der Waals surface area (Å²) in [6.07, 6.45) is 2.13. The SMILES string of the molecule is COCCCOC1CN(C(=O)Cn2cc(C(=O)O)nn2)C1. The third-order valence-electron chi connectivity index (χ3n) is 3.10. The maximum Gasteiger partial charge on any atom is 0.358 e. The van der Waals surface area contributed by atoms with Crippen molar-refractivity contribution >= 4 is 11.9 Å². The summed E-state index contributed by atoms with van der Waals surface area (Å²) in [7, 11) is 1.64. The first kappa shape index (κ1) is 15.4. The highest BCUT2D eigenvalue weighted by molar-refractivity contribution is 5.84. The van der Waals surface area contributed by atoms with E-state index in [0.29, 0.717) is 26.3 Å². The van der Waals surface area contributed by atoms with Crippen LogP contribution >= 0.6 is 0 Å². The van der Waals surface area contributed by atoms with E-state index in [1.165, 1.54) is 10.9 Å². The Balaban J connectivity index is 1.67. The van der Waals surface area contributed by atoms with Crippen LogP contribution in [0, 0.1) is 0 Å². The number of hydrogen-bond acceptors (Lipinski definition) is 6. The van der Waals surface area contributed by atoms with Gasteiger partial charge in [0.15, 0.2) is 5.69 Å². The Kier molecular flexibility index (Phi) is 5.23. The molecule has 9 nitrogen and oxygen atoms in total. The van der Waals surface area contributed by atoms with Crippen LogP contribution in [0.1, 0.15) is 16.9 Å². The number of aromatic carboxylic acids is 1. The molecule has 2 heterocycles. The maximum absolute atomic E-state index is 11.9. The van der Waals surface area contributed by atoms with E-state index >= 15 is 0 Å². The molecule has 0 aromatic carbocycles. The van der Waals surface area contributed by atoms with Gasteiger partial charge < -0.3 is 19.5 Å². The third-order valence-corrected chi connectivity index (χ3v) is 3.10. The first-order valence-corrected chi connectivity index (χ1v) is 6.62. The molecule has 0 unspecified atom stereocenters. The number of carbonyl (C=O) groups excluding carboxylic acids is 1. The Morgan fingerprint density at radius 2 is 2.19 bits per heavy atom. The zero-order chi connectivity index (χ0) is 15.2. The summed E-state index contributed by atoms with van der Waals surface area (Å²) in [4.78, 5) is 24.2. The monoisotopic (exact) mass is 298 g/mol. The second-order valence-corrected chi connectivity index (χ2v) is 4.74. The van der Waals surface area contributed by atoms with Gasteiger partial charge >= 0.3 is 5.97 Å². The van der Waals surface area contributed by atoms with Crippen LogP contribution in [-0.2, 0) is 20.8 Å². The van der Waals surface area contributed by atoms with Crippen LogP contribution in [0.2, 0.25) is 0 Å². The highest BCUT2D eigenvalue weighted by atomic mass is 16.5. The van der Waals surface area contributed by atoms with Crippen LogP contribution in [0.25, 0.3) is 0 Å². The Morgan fingerprint density at radius 1 is 1.43 bits per heavy atom. The molecular weight excluding hydrogens is 280 g/mol. The highest BCUT2D eigenvalue weighted by Gasteiger charge is 2.31. The molecule has 9 heteroatoms. The van der Waals surface area contributed by atoms with Gasteiger partial charge in [-0.2, -0.15) is 0 Å². The Bertz CT molecular complexity index is 498. The van der Waals surface area contributed by atoms with Gasteiger partial charge in [0.25, 0.3) is 0 Å². The lowest BCUT2D eigenvalue weighted by molar-refractivity contribution is -0.146. The van der Waals surface area contributed by atoms with Crippen molar-refractivity contribution in [2.24, 2.45) is 0 Å². The van der Waals surface area contributed by atoms with Gasteiger partial charge in [-0.3, -0.25) is 4.79 Å². The first-order chi connectivity index (χ1) is 10.1. The second-order valence-electron chi connectivity index (χ2n) is 4.74. The molecule has 1 fully saturated rings. The molecular formula is C12H18N4O5. The molecule has 1 N–H and O–H groups in total. The van der Waals surface area contributed by atoms with Gasteiger partial charge in [0.1, 0.15) is 6.54 Å². The first-order valence-electron chi connectivity index (χ1n) is 6.62. The number of methoxy groups -OCH3 is 1. The summed E-state index contributed by atoms with van der Waals surface area (Å²) in [6, 6.07) is 0. The number of rotatable bonds is 8. The standard InChI is InChI=1S/C12H18N4O5/c1-20-3-2-4-21-9-5-15(6-9)11(17)8-16-7-10(12(18)19)13-14-16/h7,9H,2-6,8H2,1H3,(H,18,19). The fourth-order valence-corrected chi connectivity index (χ4v) is 1.91. The molecule has 116 valence electrons. The Morgan fingerprint density at radius 3 is 2.81 bits per heavy atom. The normalized spacial score (nSPS) is 15.0. The Labute approximate surface area is 121 Å². The molecule has 1 saturated heterocycles. The van der Waals surface area contributed by atoms with Crippen LogP contribution < -0.4 is 0 Å². The molecule has 0 radical (unpaired) electrons. The Hall–Kier alpha value is -2.00. The topological polar surface area (TPSA) is 107 Å².